The molecule has 0 aliphatic carbocycles. The quantitative estimate of drug-likeness (QED) is 0.448. The second-order valence-corrected chi connectivity index (χ2v) is 10.4. The predicted octanol–water partition coefficient (Wildman–Crippen LogP) is 2.72. The molecule has 2 aliphatic rings. The van der Waals surface area contributed by atoms with Gasteiger partial charge in [0.2, 0.25) is 0 Å². The fourth-order valence-electron chi connectivity index (χ4n) is 5.28. The molecule has 2 aliphatic heterocycles. The predicted molar refractivity (Wildman–Crippen MR) is 147 cm³/mol. The zero-order valence-electron chi connectivity index (χ0n) is 21.4. The molecule has 3 aromatic rings. The van der Waals surface area contributed by atoms with Crippen molar-refractivity contribution in [1.82, 2.24) is 30.0 Å². The summed E-state index contributed by atoms with van der Waals surface area (Å²) in [4.78, 5) is 39.6. The maximum Gasteiger partial charge on any atom is 0.306 e. The van der Waals surface area contributed by atoms with E-state index in [0.717, 1.165) is 25.8 Å². The van der Waals surface area contributed by atoms with Crippen LogP contribution in [-0.4, -0.2) is 86.6 Å². The Morgan fingerprint density at radius 3 is 2.41 bits per heavy atom. The summed E-state index contributed by atoms with van der Waals surface area (Å²) in [5.74, 6) is -0.711. The summed E-state index contributed by atoms with van der Waals surface area (Å²) < 4.78 is 5.23. The summed E-state index contributed by atoms with van der Waals surface area (Å²) in [6.45, 7) is 5.81. The number of nitrogens with zero attached hydrogens (tertiary/aromatic N) is 7. The summed E-state index contributed by atoms with van der Waals surface area (Å²) in [6.07, 6.45) is 2.77. The highest BCUT2D eigenvalue weighted by Crippen LogP contribution is 2.32. The van der Waals surface area contributed by atoms with E-state index in [2.05, 4.69) is 36.9 Å². The van der Waals surface area contributed by atoms with Crippen LogP contribution >= 0.6 is 23.2 Å². The number of nitrogen functional groups attached to an aromatic ring is 1. The van der Waals surface area contributed by atoms with Gasteiger partial charge in [0.25, 0.3) is 11.8 Å². The molecule has 2 saturated heterocycles. The molecule has 2 amide bonds. The van der Waals surface area contributed by atoms with Crippen molar-refractivity contribution in [2.45, 2.75) is 38.3 Å². The number of hydrogen-bond donors (Lipinski definition) is 2. The third-order valence-electron chi connectivity index (χ3n) is 7.31. The lowest BCUT2D eigenvalue weighted by Crippen LogP contribution is -2.58. The van der Waals surface area contributed by atoms with Crippen LogP contribution < -0.4 is 16.4 Å². The number of rotatable bonds is 6. The molecule has 2 fully saturated rings. The third-order valence-corrected chi connectivity index (χ3v) is 7.82. The zero-order chi connectivity index (χ0) is 27.7. The number of amides is 2. The molecular weight excluding hydrogens is 545 g/mol. The topological polar surface area (TPSA) is 161 Å². The lowest BCUT2D eigenvalue weighted by atomic mass is 9.97. The Kier molecular flexibility index (Phi) is 7.87. The standard InChI is InChI=1S/C25H29Cl2N9O3/c1-2-16-13-35(22-19(27)30-18(20(28)31-22)23-32-33-24(39-23)21(29)37)11-12-36(16)17-7-9-34(10-8-17)25(38)14-3-5-15(26)6-4-14/h3-6,16-17H,2,7-13H2,1H3,(H2,28,31)(H2,29,37)/t16-/m0/s1. The van der Waals surface area contributed by atoms with Gasteiger partial charge in [-0.3, -0.25) is 14.5 Å². The summed E-state index contributed by atoms with van der Waals surface area (Å²) >= 11 is 12.5. The van der Waals surface area contributed by atoms with Crippen LogP contribution in [0.4, 0.5) is 11.6 Å². The van der Waals surface area contributed by atoms with E-state index in [1.807, 2.05) is 4.90 Å². The summed E-state index contributed by atoms with van der Waals surface area (Å²) in [7, 11) is 0. The molecule has 206 valence electrons. The first kappa shape index (κ1) is 27.1. The number of piperidine rings is 1. The summed E-state index contributed by atoms with van der Waals surface area (Å²) in [6, 6.07) is 7.70. The van der Waals surface area contributed by atoms with Gasteiger partial charge in [-0.25, -0.2) is 9.97 Å². The van der Waals surface area contributed by atoms with Crippen molar-refractivity contribution in [1.29, 1.82) is 0 Å². The number of hydrogen-bond acceptors (Lipinski definition) is 10. The molecule has 1 atom stereocenters. The molecule has 2 aromatic heterocycles. The largest absolute Gasteiger partial charge is 0.410 e. The van der Waals surface area contributed by atoms with Crippen molar-refractivity contribution < 1.29 is 14.0 Å². The second kappa shape index (κ2) is 11.3. The van der Waals surface area contributed by atoms with Crippen LogP contribution in [0.2, 0.25) is 10.2 Å². The van der Waals surface area contributed by atoms with Crippen LogP contribution in [0.5, 0.6) is 0 Å². The number of aromatic nitrogens is 4. The van der Waals surface area contributed by atoms with Crippen molar-refractivity contribution in [2.24, 2.45) is 5.73 Å². The van der Waals surface area contributed by atoms with Gasteiger partial charge in [-0.05, 0) is 43.5 Å². The number of carbonyl (C=O) groups is 2. The molecule has 0 radical (unpaired) electrons. The van der Waals surface area contributed by atoms with E-state index in [1.165, 1.54) is 0 Å². The maximum atomic E-state index is 12.9. The minimum atomic E-state index is -0.856. The summed E-state index contributed by atoms with van der Waals surface area (Å²) in [5, 5.41) is 8.11. The number of anilines is 2. The molecule has 1 aromatic carbocycles. The normalized spacial score (nSPS) is 18.9. The van der Waals surface area contributed by atoms with Crippen molar-refractivity contribution in [3.8, 4) is 11.6 Å². The monoisotopic (exact) mass is 573 g/mol. The van der Waals surface area contributed by atoms with E-state index >= 15 is 0 Å². The van der Waals surface area contributed by atoms with Gasteiger partial charge < -0.3 is 25.7 Å². The number of carbonyl (C=O) groups excluding carboxylic acids is 2. The lowest BCUT2D eigenvalue weighted by molar-refractivity contribution is 0.0490. The van der Waals surface area contributed by atoms with Gasteiger partial charge in [-0.1, -0.05) is 30.1 Å². The summed E-state index contributed by atoms with van der Waals surface area (Å²) in [5.41, 5.74) is 12.1. The highest BCUT2D eigenvalue weighted by Gasteiger charge is 2.35. The molecule has 5 rings (SSSR count). The number of benzene rings is 1. The fraction of sp³-hybridized carbons (Fsp3) is 0.440. The molecule has 14 heteroatoms. The molecule has 39 heavy (non-hydrogen) atoms. The van der Waals surface area contributed by atoms with E-state index < -0.39 is 5.91 Å². The Bertz CT molecular complexity index is 1360. The molecule has 4 N–H and O–H groups in total. The molecule has 0 saturated carbocycles. The van der Waals surface area contributed by atoms with Crippen molar-refractivity contribution in [3.63, 3.8) is 0 Å². The van der Waals surface area contributed by atoms with Gasteiger partial charge in [0.15, 0.2) is 22.5 Å². The highest BCUT2D eigenvalue weighted by molar-refractivity contribution is 6.32. The number of primary amides is 1. The van der Waals surface area contributed by atoms with E-state index in [4.69, 9.17) is 39.1 Å². The van der Waals surface area contributed by atoms with E-state index in [1.54, 1.807) is 24.3 Å². The average Bonchev–Trinajstić information content (AvgIpc) is 3.44. The van der Waals surface area contributed by atoms with Crippen LogP contribution in [0.3, 0.4) is 0 Å². The van der Waals surface area contributed by atoms with Gasteiger partial charge in [0, 0.05) is 55.4 Å². The first-order chi connectivity index (χ1) is 18.7. The first-order valence-corrected chi connectivity index (χ1v) is 13.5. The average molecular weight is 574 g/mol. The number of likely N-dealkylation sites (tertiary alicyclic amines) is 1. The highest BCUT2D eigenvalue weighted by atomic mass is 35.5. The molecule has 12 nitrogen and oxygen atoms in total. The Hall–Kier alpha value is -3.48. The molecule has 0 bridgehead atoms. The van der Waals surface area contributed by atoms with Gasteiger partial charge in [0.05, 0.1) is 0 Å². The van der Waals surface area contributed by atoms with E-state index in [9.17, 15) is 9.59 Å². The smallest absolute Gasteiger partial charge is 0.306 e. The van der Waals surface area contributed by atoms with E-state index in [0.29, 0.717) is 48.6 Å². The van der Waals surface area contributed by atoms with Crippen LogP contribution in [-0.2, 0) is 0 Å². The Morgan fingerprint density at radius 2 is 1.77 bits per heavy atom. The minimum Gasteiger partial charge on any atom is -0.410 e. The number of halogens is 2. The molecular formula is C25H29Cl2N9O3. The Balaban J connectivity index is 1.23. The third kappa shape index (κ3) is 5.63. The zero-order valence-corrected chi connectivity index (χ0v) is 22.9. The Labute approximate surface area is 235 Å². The molecule has 0 unspecified atom stereocenters. The number of piperazine rings is 1. The van der Waals surface area contributed by atoms with Crippen molar-refractivity contribution in [3.05, 3.63) is 45.9 Å². The Morgan fingerprint density at radius 1 is 1.05 bits per heavy atom. The van der Waals surface area contributed by atoms with Crippen LogP contribution in [0, 0.1) is 0 Å². The fourth-order valence-corrected chi connectivity index (χ4v) is 5.65. The van der Waals surface area contributed by atoms with Gasteiger partial charge in [-0.15, -0.1) is 10.2 Å². The molecule has 0 spiro atoms. The van der Waals surface area contributed by atoms with Gasteiger partial charge in [-0.2, -0.15) is 0 Å². The van der Waals surface area contributed by atoms with Gasteiger partial charge in [0.1, 0.15) is 0 Å². The SMILES string of the molecule is CC[C@H]1CN(c2nc(N)c(-c3nnc(C(N)=O)o3)nc2Cl)CCN1C1CCN(C(=O)c2ccc(Cl)cc2)CC1. The number of nitrogens with two attached hydrogens (primary N) is 2. The minimum absolute atomic E-state index is 0.0441. The second-order valence-electron chi connectivity index (χ2n) is 9.62. The van der Waals surface area contributed by atoms with Crippen LogP contribution in [0.1, 0.15) is 47.2 Å². The van der Waals surface area contributed by atoms with Crippen molar-refractivity contribution >= 4 is 46.7 Å². The lowest BCUT2D eigenvalue weighted by Gasteiger charge is -2.47. The van der Waals surface area contributed by atoms with Crippen LogP contribution in [0.15, 0.2) is 28.7 Å². The molecule has 4 heterocycles. The van der Waals surface area contributed by atoms with E-state index in [-0.39, 0.29) is 40.4 Å². The van der Waals surface area contributed by atoms with Crippen LogP contribution in [0.25, 0.3) is 11.6 Å². The van der Waals surface area contributed by atoms with Crippen molar-refractivity contribution in [2.75, 3.05) is 43.4 Å². The first-order valence-electron chi connectivity index (χ1n) is 12.8. The maximum absolute atomic E-state index is 12.9. The van der Waals surface area contributed by atoms with Gasteiger partial charge >= 0.3 is 11.8 Å².